The van der Waals surface area contributed by atoms with E-state index in [1.165, 1.54) is 12.1 Å². The Balaban J connectivity index is 1.77. The molecular weight excluding hydrogens is 364 g/mol. The Hall–Kier alpha value is -1.62. The van der Waals surface area contributed by atoms with Gasteiger partial charge >= 0.3 is 0 Å². The van der Waals surface area contributed by atoms with E-state index in [-0.39, 0.29) is 16.8 Å². The van der Waals surface area contributed by atoms with E-state index in [0.717, 1.165) is 5.56 Å². The van der Waals surface area contributed by atoms with E-state index in [0.29, 0.717) is 30.3 Å². The normalized spacial score (nSPS) is 18.9. The summed E-state index contributed by atoms with van der Waals surface area (Å²) in [6.45, 7) is 3.09. The summed E-state index contributed by atoms with van der Waals surface area (Å²) in [5, 5.41) is 0.303. The summed E-state index contributed by atoms with van der Waals surface area (Å²) < 4.78 is 19.5. The molecule has 1 fully saturated rings. The lowest BCUT2D eigenvalue weighted by molar-refractivity contribution is -0.140. The highest BCUT2D eigenvalue weighted by molar-refractivity contribution is 6.35. The Morgan fingerprint density at radius 3 is 2.68 bits per heavy atom. The average Bonchev–Trinajstić information content (AvgIpc) is 2.64. The van der Waals surface area contributed by atoms with Gasteiger partial charge < -0.3 is 9.64 Å². The van der Waals surface area contributed by atoms with E-state index >= 15 is 0 Å². The predicted molar refractivity (Wildman–Crippen MR) is 96.6 cm³/mol. The van der Waals surface area contributed by atoms with Crippen molar-refractivity contribution in [2.24, 2.45) is 0 Å². The summed E-state index contributed by atoms with van der Waals surface area (Å²) in [5.41, 5.74) is 1.47. The van der Waals surface area contributed by atoms with Crippen molar-refractivity contribution >= 4 is 29.1 Å². The van der Waals surface area contributed by atoms with Crippen molar-refractivity contribution in [1.82, 2.24) is 4.90 Å². The molecule has 0 saturated carbocycles. The standard InChI is InChI=1S/C19H18Cl2FNO2/c1-12(13-5-3-2-4-6-13)19(24)23-7-8-25-18(11-23)14-9-17(22)16(21)10-15(14)20/h2-6,9-10,12,18H,7-8,11H2,1H3/t12-,18?/m0/s1. The van der Waals surface area contributed by atoms with Crippen LogP contribution in [0.3, 0.4) is 0 Å². The van der Waals surface area contributed by atoms with Gasteiger partial charge in [0.05, 0.1) is 24.1 Å². The van der Waals surface area contributed by atoms with E-state index in [1.54, 1.807) is 4.90 Å². The third kappa shape index (κ3) is 3.97. The van der Waals surface area contributed by atoms with E-state index in [1.807, 2.05) is 37.3 Å². The third-order valence-corrected chi connectivity index (χ3v) is 5.05. The van der Waals surface area contributed by atoms with Gasteiger partial charge in [0.1, 0.15) is 11.9 Å². The lowest BCUT2D eigenvalue weighted by atomic mass is 9.99. The molecule has 3 nitrogen and oxygen atoms in total. The second-order valence-corrected chi connectivity index (χ2v) is 6.88. The number of nitrogens with zero attached hydrogens (tertiary/aromatic N) is 1. The van der Waals surface area contributed by atoms with Gasteiger partial charge in [0.25, 0.3) is 0 Å². The van der Waals surface area contributed by atoms with Crippen LogP contribution in [0.2, 0.25) is 10.0 Å². The van der Waals surface area contributed by atoms with E-state index in [2.05, 4.69) is 0 Å². The number of carbonyl (C=O) groups excluding carboxylic acids is 1. The first-order chi connectivity index (χ1) is 12.0. The first-order valence-corrected chi connectivity index (χ1v) is 8.82. The van der Waals surface area contributed by atoms with Gasteiger partial charge in [-0.25, -0.2) is 4.39 Å². The monoisotopic (exact) mass is 381 g/mol. The van der Waals surface area contributed by atoms with Crippen LogP contribution in [0.5, 0.6) is 0 Å². The molecular formula is C19H18Cl2FNO2. The van der Waals surface area contributed by atoms with E-state index in [4.69, 9.17) is 27.9 Å². The minimum Gasteiger partial charge on any atom is -0.370 e. The zero-order valence-electron chi connectivity index (χ0n) is 13.7. The van der Waals surface area contributed by atoms with Crippen LogP contribution in [0.15, 0.2) is 42.5 Å². The van der Waals surface area contributed by atoms with Crippen molar-refractivity contribution in [3.8, 4) is 0 Å². The number of carbonyl (C=O) groups is 1. The van der Waals surface area contributed by atoms with Crippen LogP contribution >= 0.6 is 23.2 Å². The molecule has 1 unspecified atom stereocenters. The molecule has 0 bridgehead atoms. The molecule has 6 heteroatoms. The quantitative estimate of drug-likeness (QED) is 0.712. The van der Waals surface area contributed by atoms with Gasteiger partial charge in [-0.3, -0.25) is 4.79 Å². The molecule has 3 rings (SSSR count). The van der Waals surface area contributed by atoms with Crippen LogP contribution < -0.4 is 0 Å². The molecule has 0 aliphatic carbocycles. The van der Waals surface area contributed by atoms with Gasteiger partial charge in [-0.2, -0.15) is 0 Å². The minimum absolute atomic E-state index is 0.0186. The van der Waals surface area contributed by atoms with Gasteiger partial charge in [-0.15, -0.1) is 0 Å². The maximum absolute atomic E-state index is 13.8. The molecule has 2 atom stereocenters. The number of morpholine rings is 1. The second kappa shape index (κ2) is 7.73. The van der Waals surface area contributed by atoms with Gasteiger partial charge in [0.15, 0.2) is 0 Å². The highest BCUT2D eigenvalue weighted by atomic mass is 35.5. The molecule has 1 aliphatic rings. The van der Waals surface area contributed by atoms with Crippen molar-refractivity contribution in [2.45, 2.75) is 18.9 Å². The summed E-state index contributed by atoms with van der Waals surface area (Å²) in [4.78, 5) is 14.6. The fourth-order valence-electron chi connectivity index (χ4n) is 2.98. The smallest absolute Gasteiger partial charge is 0.230 e. The largest absolute Gasteiger partial charge is 0.370 e. The Labute approximate surface area is 156 Å². The van der Waals surface area contributed by atoms with Gasteiger partial charge in [-0.1, -0.05) is 53.5 Å². The molecule has 1 amide bonds. The Bertz CT molecular complexity index is 770. The molecule has 2 aromatic rings. The topological polar surface area (TPSA) is 29.5 Å². The number of hydrogen-bond donors (Lipinski definition) is 0. The Morgan fingerprint density at radius 2 is 1.96 bits per heavy atom. The Morgan fingerprint density at radius 1 is 1.24 bits per heavy atom. The molecule has 0 spiro atoms. The fraction of sp³-hybridized carbons (Fsp3) is 0.316. The minimum atomic E-state index is -0.550. The summed E-state index contributed by atoms with van der Waals surface area (Å²) in [6, 6.07) is 12.3. The van der Waals surface area contributed by atoms with E-state index in [9.17, 15) is 9.18 Å². The van der Waals surface area contributed by atoms with Crippen molar-refractivity contribution in [2.75, 3.05) is 19.7 Å². The first-order valence-electron chi connectivity index (χ1n) is 8.07. The summed E-state index contributed by atoms with van der Waals surface area (Å²) in [5.74, 6) is -0.784. The van der Waals surface area contributed by atoms with Crippen LogP contribution in [0, 0.1) is 5.82 Å². The molecule has 1 saturated heterocycles. The predicted octanol–water partition coefficient (Wildman–Crippen LogP) is 4.84. The molecule has 1 heterocycles. The number of halogens is 3. The maximum atomic E-state index is 13.8. The molecule has 0 N–H and O–H groups in total. The summed E-state index contributed by atoms with van der Waals surface area (Å²) >= 11 is 11.9. The maximum Gasteiger partial charge on any atom is 0.230 e. The molecule has 2 aromatic carbocycles. The van der Waals surface area contributed by atoms with Crippen molar-refractivity contribution < 1.29 is 13.9 Å². The van der Waals surface area contributed by atoms with Crippen molar-refractivity contribution in [3.05, 3.63) is 69.5 Å². The number of amides is 1. The third-order valence-electron chi connectivity index (χ3n) is 4.43. The highest BCUT2D eigenvalue weighted by Gasteiger charge is 2.30. The Kier molecular flexibility index (Phi) is 5.62. The zero-order chi connectivity index (χ0) is 18.0. The number of benzene rings is 2. The van der Waals surface area contributed by atoms with Crippen LogP contribution in [0.4, 0.5) is 4.39 Å². The number of hydrogen-bond acceptors (Lipinski definition) is 2. The average molecular weight is 382 g/mol. The second-order valence-electron chi connectivity index (χ2n) is 6.06. The van der Waals surface area contributed by atoms with Crippen LogP contribution in [0.1, 0.15) is 30.1 Å². The SMILES string of the molecule is C[C@H](C(=O)N1CCOC(c2cc(F)c(Cl)cc2Cl)C1)c1ccccc1. The molecule has 0 radical (unpaired) electrons. The molecule has 132 valence electrons. The number of ether oxygens (including phenoxy) is 1. The highest BCUT2D eigenvalue weighted by Crippen LogP contribution is 2.33. The van der Waals surface area contributed by atoms with Crippen LogP contribution in [-0.4, -0.2) is 30.5 Å². The number of rotatable bonds is 3. The van der Waals surface area contributed by atoms with Crippen molar-refractivity contribution in [1.29, 1.82) is 0 Å². The lowest BCUT2D eigenvalue weighted by Gasteiger charge is -2.35. The van der Waals surface area contributed by atoms with Gasteiger partial charge in [-0.05, 0) is 24.6 Å². The van der Waals surface area contributed by atoms with Gasteiger partial charge in [0.2, 0.25) is 5.91 Å². The van der Waals surface area contributed by atoms with Crippen molar-refractivity contribution in [3.63, 3.8) is 0 Å². The molecule has 0 aromatic heterocycles. The summed E-state index contributed by atoms with van der Waals surface area (Å²) in [7, 11) is 0. The fourth-order valence-corrected chi connectivity index (χ4v) is 3.49. The van der Waals surface area contributed by atoms with Crippen LogP contribution in [0.25, 0.3) is 0 Å². The van der Waals surface area contributed by atoms with Gasteiger partial charge in [0, 0.05) is 17.1 Å². The lowest BCUT2D eigenvalue weighted by Crippen LogP contribution is -2.44. The first kappa shape index (κ1) is 18.2. The molecule has 1 aliphatic heterocycles. The zero-order valence-corrected chi connectivity index (χ0v) is 15.2. The molecule has 25 heavy (non-hydrogen) atoms. The summed E-state index contributed by atoms with van der Waals surface area (Å²) in [6.07, 6.45) is -0.472. The van der Waals surface area contributed by atoms with E-state index < -0.39 is 11.9 Å². The van der Waals surface area contributed by atoms with Crippen LogP contribution in [-0.2, 0) is 9.53 Å².